The molecule has 4 fully saturated rings. The highest BCUT2D eigenvalue weighted by Crippen LogP contribution is 2.50. The van der Waals surface area contributed by atoms with Crippen LogP contribution in [0.5, 0.6) is 0 Å². The van der Waals surface area contributed by atoms with Gasteiger partial charge >= 0.3 is 0 Å². The number of nitrogens with zero attached hydrogens (tertiary/aromatic N) is 3. The van der Waals surface area contributed by atoms with Crippen LogP contribution >= 0.6 is 23.2 Å². The maximum absolute atomic E-state index is 17.0. The minimum absolute atomic E-state index is 0.0307. The lowest BCUT2D eigenvalue weighted by Crippen LogP contribution is -2.41. The largest absolute Gasteiger partial charge is 0.387 e. The number of pyridine rings is 1. The maximum atomic E-state index is 17.0. The second-order valence-electron chi connectivity index (χ2n) is 13.0. The van der Waals surface area contributed by atoms with E-state index in [1.807, 2.05) is 26.0 Å². The van der Waals surface area contributed by atoms with Gasteiger partial charge in [0.2, 0.25) is 5.91 Å². The third-order valence-electron chi connectivity index (χ3n) is 10.0. The van der Waals surface area contributed by atoms with Crippen molar-refractivity contribution in [2.45, 2.75) is 77.1 Å². The van der Waals surface area contributed by atoms with Crippen LogP contribution in [0.1, 0.15) is 81.6 Å². The summed E-state index contributed by atoms with van der Waals surface area (Å²) in [5, 5.41) is 29.2. The average molecular weight is 635 g/mol. The zero-order valence-electron chi connectivity index (χ0n) is 24.8. The molecular formula is C34H34Cl2FN5O2. The van der Waals surface area contributed by atoms with Crippen LogP contribution in [0.2, 0.25) is 10.0 Å². The summed E-state index contributed by atoms with van der Waals surface area (Å²) in [6.45, 7) is 6.49. The summed E-state index contributed by atoms with van der Waals surface area (Å²) >= 11 is 13.0. The lowest BCUT2D eigenvalue weighted by Gasteiger charge is -2.38. The Morgan fingerprint density at radius 1 is 1.30 bits per heavy atom. The molecule has 3 N–H and O–H groups in total. The molecule has 4 heterocycles. The second-order valence-corrected chi connectivity index (χ2v) is 13.8. The first kappa shape index (κ1) is 29.5. The number of nitriles is 1. The fourth-order valence-electron chi connectivity index (χ4n) is 7.23. The summed E-state index contributed by atoms with van der Waals surface area (Å²) in [5.41, 5.74) is 3.14. The molecule has 8 rings (SSSR count). The zero-order valence-corrected chi connectivity index (χ0v) is 26.4. The Kier molecular flexibility index (Phi) is 7.17. The van der Waals surface area contributed by atoms with Gasteiger partial charge in [0.15, 0.2) is 5.82 Å². The fourth-order valence-corrected chi connectivity index (χ4v) is 7.62. The molecule has 7 nitrogen and oxygen atoms in total. The van der Waals surface area contributed by atoms with Gasteiger partial charge in [0.05, 0.1) is 45.5 Å². The summed E-state index contributed by atoms with van der Waals surface area (Å²) in [7, 11) is 0. The number of carbonyl (C=O) groups is 1. The third kappa shape index (κ3) is 4.51. The highest BCUT2D eigenvalue weighted by atomic mass is 35.5. The van der Waals surface area contributed by atoms with Crippen LogP contribution in [0.15, 0.2) is 30.3 Å². The van der Waals surface area contributed by atoms with Gasteiger partial charge in [0.25, 0.3) is 0 Å². The van der Waals surface area contributed by atoms with Crippen molar-refractivity contribution in [3.05, 3.63) is 63.1 Å². The van der Waals surface area contributed by atoms with E-state index in [4.69, 9.17) is 28.2 Å². The Hall–Kier alpha value is -3.22. The molecule has 44 heavy (non-hydrogen) atoms. The Morgan fingerprint density at radius 3 is 2.70 bits per heavy atom. The van der Waals surface area contributed by atoms with Gasteiger partial charge in [-0.1, -0.05) is 42.3 Å². The molecule has 0 spiro atoms. The number of nitrogens with one attached hydrogen (secondary N) is 2. The number of aryl methyl sites for hydroxylation is 1. The number of aliphatic hydroxyl groups is 1. The van der Waals surface area contributed by atoms with Crippen LogP contribution < -0.4 is 10.6 Å². The topological polar surface area (TPSA) is 103 Å². The van der Waals surface area contributed by atoms with E-state index in [1.165, 1.54) is 0 Å². The number of fused-ring (bicyclic) bond motifs is 4. The number of hydrogen-bond donors (Lipinski definition) is 3. The first-order valence-corrected chi connectivity index (χ1v) is 16.0. The van der Waals surface area contributed by atoms with E-state index in [9.17, 15) is 15.2 Å². The third-order valence-corrected chi connectivity index (χ3v) is 10.8. The summed E-state index contributed by atoms with van der Waals surface area (Å²) in [6.07, 6.45) is 2.30. The van der Waals surface area contributed by atoms with Gasteiger partial charge in [0, 0.05) is 52.0 Å². The van der Waals surface area contributed by atoms with Crippen LogP contribution in [0.4, 0.5) is 4.39 Å². The number of carbonyl (C=O) groups excluding carboxylic acids is 1. The van der Waals surface area contributed by atoms with E-state index >= 15 is 4.39 Å². The standard InChI is InChI=1S/C34H34Cl2FN5O2/c1-16(40-33(44)34(3)9-10-34)25-14-22-29(17(2)43)41-30-21(32(22)42(25)31-19-13-24(31)39-15-19)12-18(6-5-11-38)26(28(30)37)20-7-4-8-23(35)27(20)36/h4,7-8,12,14,16-17,19,24,31,39,43H,5-6,9-10,13,15H2,1-3H3,(H,40,44)/t16-,17?,19-,24-,31+/m1/s1. The van der Waals surface area contributed by atoms with Crippen molar-refractivity contribution < 1.29 is 14.3 Å². The Balaban J connectivity index is 1.54. The molecule has 2 aromatic heterocycles. The maximum Gasteiger partial charge on any atom is 0.226 e. The summed E-state index contributed by atoms with van der Waals surface area (Å²) in [6, 6.07) is 11.2. The van der Waals surface area contributed by atoms with Gasteiger partial charge in [-0.2, -0.15) is 5.26 Å². The van der Waals surface area contributed by atoms with Gasteiger partial charge in [-0.3, -0.25) is 4.79 Å². The number of aliphatic hydroxyl groups excluding tert-OH is 1. The van der Waals surface area contributed by atoms with Gasteiger partial charge in [-0.25, -0.2) is 9.37 Å². The highest BCUT2D eigenvalue weighted by Gasteiger charge is 2.50. The van der Waals surface area contributed by atoms with Gasteiger partial charge in [0.1, 0.15) is 5.52 Å². The van der Waals surface area contributed by atoms with E-state index in [-0.39, 0.29) is 52.0 Å². The predicted octanol–water partition coefficient (Wildman–Crippen LogP) is 7.32. The lowest BCUT2D eigenvalue weighted by atomic mass is 9.79. The predicted molar refractivity (Wildman–Crippen MR) is 170 cm³/mol. The second kappa shape index (κ2) is 10.7. The van der Waals surface area contributed by atoms with Gasteiger partial charge < -0.3 is 20.3 Å². The van der Waals surface area contributed by atoms with Gasteiger partial charge in [-0.05, 0) is 69.2 Å². The molecule has 1 amide bonds. The number of amides is 1. The van der Waals surface area contributed by atoms with Gasteiger partial charge in [-0.15, -0.1) is 0 Å². The number of rotatable bonds is 8. The van der Waals surface area contributed by atoms with Crippen molar-refractivity contribution in [1.29, 1.82) is 5.26 Å². The van der Waals surface area contributed by atoms with Crippen molar-refractivity contribution in [2.24, 2.45) is 11.3 Å². The molecule has 4 aromatic rings. The Bertz CT molecular complexity index is 1880. The molecule has 2 saturated heterocycles. The van der Waals surface area contributed by atoms with Crippen LogP contribution in [-0.4, -0.2) is 33.2 Å². The smallest absolute Gasteiger partial charge is 0.226 e. The first-order chi connectivity index (χ1) is 21.0. The minimum Gasteiger partial charge on any atom is -0.387 e. The molecule has 2 aromatic carbocycles. The highest BCUT2D eigenvalue weighted by molar-refractivity contribution is 6.43. The van der Waals surface area contributed by atoms with Crippen molar-refractivity contribution in [3.8, 4) is 17.2 Å². The van der Waals surface area contributed by atoms with Crippen LogP contribution in [-0.2, 0) is 11.2 Å². The van der Waals surface area contributed by atoms with Crippen LogP contribution in [0, 0.1) is 28.5 Å². The summed E-state index contributed by atoms with van der Waals surface area (Å²) in [5.74, 6) is -0.151. The number of aromatic nitrogens is 2. The average Bonchev–Trinajstić information content (AvgIpc) is 3.32. The Labute approximate surface area is 265 Å². The van der Waals surface area contributed by atoms with Crippen LogP contribution in [0.3, 0.4) is 0 Å². The van der Waals surface area contributed by atoms with E-state index < -0.39 is 11.9 Å². The molecule has 2 bridgehead atoms. The van der Waals surface area contributed by atoms with Crippen molar-refractivity contribution >= 4 is 50.9 Å². The monoisotopic (exact) mass is 633 g/mol. The quantitative estimate of drug-likeness (QED) is 0.189. The molecule has 228 valence electrons. The first-order valence-electron chi connectivity index (χ1n) is 15.3. The number of benzene rings is 2. The molecule has 10 heteroatoms. The van der Waals surface area contributed by atoms with Crippen molar-refractivity contribution in [1.82, 2.24) is 20.2 Å². The van der Waals surface area contributed by atoms with E-state index in [0.29, 0.717) is 39.6 Å². The SMILES string of the molecule is CC(O)c1nc2c(F)c(-c3cccc(Cl)c3Cl)c(CCC#N)cc2c2c1cc([C@@H](C)NC(=O)C1(C)CC1)n2[C@H]1[C@H]2CN[C@@H]1C2. The molecule has 5 atom stereocenters. The lowest BCUT2D eigenvalue weighted by molar-refractivity contribution is -0.126. The van der Waals surface area contributed by atoms with Crippen molar-refractivity contribution in [3.63, 3.8) is 0 Å². The molecular weight excluding hydrogens is 600 g/mol. The molecule has 2 saturated carbocycles. The number of halogens is 3. The molecule has 2 aliphatic carbocycles. The van der Waals surface area contributed by atoms with Crippen LogP contribution in [0.25, 0.3) is 32.9 Å². The summed E-state index contributed by atoms with van der Waals surface area (Å²) < 4.78 is 19.3. The molecule has 0 radical (unpaired) electrons. The summed E-state index contributed by atoms with van der Waals surface area (Å²) in [4.78, 5) is 17.9. The normalized spacial score (nSPS) is 22.9. The molecule has 4 aliphatic rings. The minimum atomic E-state index is -0.979. The molecule has 2 aliphatic heterocycles. The zero-order chi connectivity index (χ0) is 31.1. The van der Waals surface area contributed by atoms with E-state index in [2.05, 4.69) is 21.3 Å². The molecule has 1 unspecified atom stereocenters. The Morgan fingerprint density at radius 2 is 2.07 bits per heavy atom. The van der Waals surface area contributed by atoms with Crippen molar-refractivity contribution in [2.75, 3.05) is 6.54 Å². The fraction of sp³-hybridized carbons (Fsp3) is 0.441. The number of hydrogen-bond acceptors (Lipinski definition) is 5. The van der Waals surface area contributed by atoms with E-state index in [0.717, 1.165) is 42.4 Å². The van der Waals surface area contributed by atoms with E-state index in [1.54, 1.807) is 25.1 Å².